The maximum absolute atomic E-state index is 6.99. The zero-order valence-electron chi connectivity index (χ0n) is 22.3. The molecule has 30 heavy (non-hydrogen) atoms. The van der Waals surface area contributed by atoms with Crippen LogP contribution in [-0.2, 0) is 18.3 Å². The summed E-state index contributed by atoms with van der Waals surface area (Å²) in [7, 11) is -5.34. The van der Waals surface area contributed by atoms with E-state index in [2.05, 4.69) is 73.9 Å². The Morgan fingerprint density at radius 1 is 0.800 bits per heavy atom. The summed E-state index contributed by atoms with van der Waals surface area (Å²) >= 11 is 0. The van der Waals surface area contributed by atoms with E-state index in [-0.39, 0.29) is 5.22 Å². The monoisotopic (exact) mass is 478 g/mol. The molecule has 0 saturated heterocycles. The topological polar surface area (TPSA) is 36.9 Å². The molecule has 2 unspecified atom stereocenters. The van der Waals surface area contributed by atoms with Crippen LogP contribution in [0.5, 0.6) is 0 Å². The van der Waals surface area contributed by atoms with E-state index in [1.807, 2.05) is 0 Å². The Kier molecular flexibility index (Phi) is 14.1. The molecular weight excluding hydrogens is 425 g/mol. The molecule has 0 aliphatic heterocycles. The summed E-state index contributed by atoms with van der Waals surface area (Å²) < 4.78 is 25.2. The highest BCUT2D eigenvalue weighted by Crippen LogP contribution is 2.36. The van der Waals surface area contributed by atoms with Crippen LogP contribution in [0.1, 0.15) is 60.3 Å². The highest BCUT2D eigenvalue weighted by atomic mass is 28.4. The summed E-state index contributed by atoms with van der Waals surface area (Å²) in [5.74, 6) is 0. The van der Waals surface area contributed by atoms with Crippen molar-refractivity contribution >= 4 is 24.7 Å². The van der Waals surface area contributed by atoms with Crippen LogP contribution in [0.4, 0.5) is 0 Å². The first-order valence-corrected chi connectivity index (χ1v) is 21.6. The van der Waals surface area contributed by atoms with Crippen LogP contribution >= 0.6 is 0 Å². The molecule has 0 fully saturated rings. The molecule has 0 aromatic rings. The van der Waals surface area contributed by atoms with Gasteiger partial charge in [-0.2, -0.15) is 0 Å². The molecule has 0 aliphatic carbocycles. The third-order valence-electron chi connectivity index (χ3n) is 6.75. The number of hydrogen-bond donors (Lipinski definition) is 0. The second kappa shape index (κ2) is 13.9. The molecule has 0 heterocycles. The van der Waals surface area contributed by atoms with E-state index in [4.69, 9.17) is 18.3 Å². The van der Waals surface area contributed by atoms with Crippen molar-refractivity contribution in [3.05, 3.63) is 0 Å². The lowest BCUT2D eigenvalue weighted by atomic mass is 10.3. The minimum absolute atomic E-state index is 0.156. The van der Waals surface area contributed by atoms with E-state index in [0.29, 0.717) is 5.73 Å². The average molecular weight is 479 g/mol. The first kappa shape index (κ1) is 30.5. The van der Waals surface area contributed by atoms with Gasteiger partial charge in [0.1, 0.15) is 0 Å². The predicted octanol–water partition coefficient (Wildman–Crippen LogP) is 7.02. The molecule has 0 aliphatic rings. The van der Waals surface area contributed by atoms with Crippen molar-refractivity contribution in [1.29, 1.82) is 0 Å². The summed E-state index contributed by atoms with van der Waals surface area (Å²) in [6.45, 7) is 28.9. The zero-order chi connectivity index (χ0) is 23.5. The fourth-order valence-corrected chi connectivity index (χ4v) is 13.7. The molecule has 0 aromatic carbocycles. The first-order chi connectivity index (χ1) is 13.8. The van der Waals surface area contributed by atoms with Crippen LogP contribution in [0, 0.1) is 0 Å². The molecule has 0 spiro atoms. The van der Waals surface area contributed by atoms with Gasteiger partial charge in [0.15, 0.2) is 8.32 Å². The second-order valence-electron chi connectivity index (χ2n) is 10.7. The molecule has 7 heteroatoms. The molecule has 0 amide bonds. The van der Waals surface area contributed by atoms with Gasteiger partial charge in [-0.3, -0.25) is 0 Å². The van der Waals surface area contributed by atoms with Crippen molar-refractivity contribution in [2.45, 2.75) is 123 Å². The standard InChI is InChI=1S/C23H54O4Si3/c1-12-17-25-19-16-21-29(8,9)27-23(5,13-2)30(10,11)26-22(4)28(6,7)20-15-18-24-14-3/h22H,12-21H2,1-11H3. The van der Waals surface area contributed by atoms with Crippen molar-refractivity contribution in [2.75, 3.05) is 26.4 Å². The van der Waals surface area contributed by atoms with Gasteiger partial charge in [-0.1, -0.05) is 33.0 Å². The number of hydrogen-bond acceptors (Lipinski definition) is 4. The lowest BCUT2D eigenvalue weighted by Gasteiger charge is -2.48. The maximum Gasteiger partial charge on any atom is 0.216 e. The lowest BCUT2D eigenvalue weighted by Crippen LogP contribution is -2.63. The molecule has 0 radical (unpaired) electrons. The number of ether oxygens (including phenoxy) is 2. The SMILES string of the molecule is CCCOCCC[Si](C)(C)OC(C)(CC)[Si](C)(C)OC(C)[Si](C)(C)CCCOCC. The summed E-state index contributed by atoms with van der Waals surface area (Å²) in [6.07, 6.45) is 4.34. The van der Waals surface area contributed by atoms with E-state index in [0.717, 1.165) is 58.2 Å². The Bertz CT molecular complexity index is 458. The molecule has 0 aromatic heterocycles. The minimum atomic E-state index is -2.07. The molecule has 2 atom stereocenters. The Balaban J connectivity index is 4.99. The summed E-state index contributed by atoms with van der Waals surface area (Å²) in [5.41, 5.74) is 0.336. The largest absolute Gasteiger partial charge is 0.415 e. The fourth-order valence-electron chi connectivity index (χ4n) is 3.83. The summed E-state index contributed by atoms with van der Waals surface area (Å²) in [5, 5.41) is -0.156. The fraction of sp³-hybridized carbons (Fsp3) is 1.00. The van der Waals surface area contributed by atoms with E-state index in [1.165, 1.54) is 6.04 Å². The van der Waals surface area contributed by atoms with E-state index in [9.17, 15) is 0 Å². The van der Waals surface area contributed by atoms with E-state index in [1.54, 1.807) is 0 Å². The van der Waals surface area contributed by atoms with Crippen molar-refractivity contribution in [3.8, 4) is 0 Å². The van der Waals surface area contributed by atoms with Gasteiger partial charge in [-0.15, -0.1) is 0 Å². The lowest BCUT2D eigenvalue weighted by molar-refractivity contribution is 0.105. The van der Waals surface area contributed by atoms with Crippen LogP contribution in [0.15, 0.2) is 0 Å². The summed E-state index contributed by atoms with van der Waals surface area (Å²) in [6, 6.07) is 2.39. The van der Waals surface area contributed by atoms with Crippen molar-refractivity contribution in [1.82, 2.24) is 0 Å². The Hall–Kier alpha value is 0.491. The molecular formula is C23H54O4Si3. The van der Waals surface area contributed by atoms with Crippen molar-refractivity contribution in [2.24, 2.45) is 0 Å². The van der Waals surface area contributed by atoms with Crippen LogP contribution < -0.4 is 0 Å². The van der Waals surface area contributed by atoms with E-state index >= 15 is 0 Å². The van der Waals surface area contributed by atoms with Crippen molar-refractivity contribution < 1.29 is 18.3 Å². The molecule has 0 bridgehead atoms. The smallest absolute Gasteiger partial charge is 0.216 e. The van der Waals surface area contributed by atoms with E-state index < -0.39 is 24.7 Å². The van der Waals surface area contributed by atoms with Gasteiger partial charge in [-0.25, -0.2) is 0 Å². The van der Waals surface area contributed by atoms with Crippen LogP contribution in [0.2, 0.25) is 51.4 Å². The molecule has 0 rings (SSSR count). The van der Waals surface area contributed by atoms with Crippen LogP contribution in [0.25, 0.3) is 0 Å². The Labute approximate surface area is 192 Å². The van der Waals surface area contributed by atoms with Crippen LogP contribution in [0.3, 0.4) is 0 Å². The highest BCUT2D eigenvalue weighted by molar-refractivity contribution is 6.81. The predicted molar refractivity (Wildman–Crippen MR) is 139 cm³/mol. The number of rotatable bonds is 18. The zero-order valence-corrected chi connectivity index (χ0v) is 25.3. The highest BCUT2D eigenvalue weighted by Gasteiger charge is 2.49. The van der Waals surface area contributed by atoms with Gasteiger partial charge >= 0.3 is 0 Å². The van der Waals surface area contributed by atoms with Gasteiger partial charge < -0.3 is 18.3 Å². The average Bonchev–Trinajstić information content (AvgIpc) is 2.64. The van der Waals surface area contributed by atoms with Crippen molar-refractivity contribution in [3.63, 3.8) is 0 Å². The normalized spacial score (nSPS) is 16.5. The van der Waals surface area contributed by atoms with Crippen LogP contribution in [-0.4, -0.2) is 62.1 Å². The Morgan fingerprint density at radius 2 is 1.37 bits per heavy atom. The third-order valence-corrected chi connectivity index (χ3v) is 17.7. The van der Waals surface area contributed by atoms with Gasteiger partial charge in [0.05, 0.1) is 13.3 Å². The quantitative estimate of drug-likeness (QED) is 0.157. The second-order valence-corrected chi connectivity index (χ2v) is 24.5. The minimum Gasteiger partial charge on any atom is -0.415 e. The molecule has 182 valence electrons. The van der Waals surface area contributed by atoms with Gasteiger partial charge in [0, 0.05) is 32.2 Å². The van der Waals surface area contributed by atoms with Gasteiger partial charge in [-0.05, 0) is 78.7 Å². The third kappa shape index (κ3) is 10.9. The maximum atomic E-state index is 6.99. The molecule has 0 saturated carbocycles. The summed E-state index contributed by atoms with van der Waals surface area (Å²) in [4.78, 5) is 0. The van der Waals surface area contributed by atoms with Gasteiger partial charge in [0.25, 0.3) is 0 Å². The first-order valence-electron chi connectivity index (χ1n) is 12.3. The van der Waals surface area contributed by atoms with Gasteiger partial charge in [0.2, 0.25) is 8.32 Å². The Morgan fingerprint density at radius 3 is 1.90 bits per heavy atom. The molecule has 4 nitrogen and oxygen atoms in total. The molecule has 0 N–H and O–H groups in total.